The van der Waals surface area contributed by atoms with Crippen LogP contribution in [0.4, 0.5) is 0 Å². The predicted octanol–water partition coefficient (Wildman–Crippen LogP) is -0.0691. The molecule has 0 spiro atoms. The molecule has 0 aliphatic carbocycles. The minimum Gasteiger partial charge on any atom is -0.335 e. The number of aromatic amines is 1. The molecule has 0 radical (unpaired) electrons. The summed E-state index contributed by atoms with van der Waals surface area (Å²) in [6, 6.07) is 5.45. The average Bonchev–Trinajstić information content (AvgIpc) is 3.07. The van der Waals surface area contributed by atoms with Gasteiger partial charge in [0.25, 0.3) is 10.0 Å². The molecule has 0 fully saturated rings. The van der Waals surface area contributed by atoms with Crippen LogP contribution in [-0.4, -0.2) is 33.0 Å². The first-order valence-corrected chi connectivity index (χ1v) is 6.92. The van der Waals surface area contributed by atoms with Crippen molar-refractivity contribution in [3.63, 3.8) is 0 Å². The number of hydrogen-bond donors (Lipinski definition) is 2. The minimum atomic E-state index is -3.61. The Morgan fingerprint density at radius 3 is 3.00 bits per heavy atom. The quantitative estimate of drug-likeness (QED) is 0.695. The predicted molar refractivity (Wildman–Crippen MR) is 65.6 cm³/mol. The van der Waals surface area contributed by atoms with Gasteiger partial charge in [0.05, 0.1) is 19.1 Å². The van der Waals surface area contributed by atoms with Crippen molar-refractivity contribution in [3.8, 4) is 0 Å². The topological polar surface area (TPSA) is 105 Å². The number of nitrogens with zero attached hydrogens (tertiary/aromatic N) is 4. The van der Waals surface area contributed by atoms with Gasteiger partial charge >= 0.3 is 0 Å². The van der Waals surface area contributed by atoms with Gasteiger partial charge in [-0.2, -0.15) is 0 Å². The van der Waals surface area contributed by atoms with Crippen molar-refractivity contribution in [2.24, 2.45) is 0 Å². The SMILES string of the molecule is O=S(=O)(NCc1nnc2ccccn12)c1cnc[nH]1. The normalized spacial score (nSPS) is 12.0. The number of pyridine rings is 1. The van der Waals surface area contributed by atoms with Gasteiger partial charge in [0, 0.05) is 6.20 Å². The number of nitrogens with one attached hydrogen (secondary N) is 2. The summed E-state index contributed by atoms with van der Waals surface area (Å²) in [7, 11) is -3.61. The van der Waals surface area contributed by atoms with E-state index in [2.05, 4.69) is 24.9 Å². The number of H-pyrrole nitrogens is 1. The summed E-state index contributed by atoms with van der Waals surface area (Å²) >= 11 is 0. The van der Waals surface area contributed by atoms with Gasteiger partial charge in [-0.3, -0.25) is 4.40 Å². The third-order valence-electron chi connectivity index (χ3n) is 2.57. The summed E-state index contributed by atoms with van der Waals surface area (Å²) in [5, 5.41) is 7.90. The summed E-state index contributed by atoms with van der Waals surface area (Å²) in [5.41, 5.74) is 0.665. The van der Waals surface area contributed by atoms with Crippen molar-refractivity contribution in [1.29, 1.82) is 0 Å². The van der Waals surface area contributed by atoms with Crippen molar-refractivity contribution < 1.29 is 8.42 Å². The number of sulfonamides is 1. The Kier molecular flexibility index (Phi) is 2.76. The molecular formula is C10H10N6O2S. The number of imidazole rings is 1. The Morgan fingerprint density at radius 2 is 2.21 bits per heavy atom. The first kappa shape index (κ1) is 11.8. The molecule has 2 N–H and O–H groups in total. The lowest BCUT2D eigenvalue weighted by Gasteiger charge is -2.03. The number of fused-ring (bicyclic) bond motifs is 1. The molecule has 9 heteroatoms. The smallest absolute Gasteiger partial charge is 0.258 e. The zero-order valence-corrected chi connectivity index (χ0v) is 10.5. The van der Waals surface area contributed by atoms with Crippen LogP contribution in [0, 0.1) is 0 Å². The van der Waals surface area contributed by atoms with Crippen LogP contribution >= 0.6 is 0 Å². The summed E-state index contributed by atoms with van der Waals surface area (Å²) in [6.07, 6.45) is 4.32. The highest BCUT2D eigenvalue weighted by atomic mass is 32.2. The van der Waals surface area contributed by atoms with Gasteiger partial charge in [0.2, 0.25) is 0 Å². The van der Waals surface area contributed by atoms with Gasteiger partial charge in [0.1, 0.15) is 0 Å². The van der Waals surface area contributed by atoms with Crippen LogP contribution in [-0.2, 0) is 16.6 Å². The Balaban J connectivity index is 1.83. The van der Waals surface area contributed by atoms with Crippen molar-refractivity contribution in [2.75, 3.05) is 0 Å². The second-order valence-corrected chi connectivity index (χ2v) is 5.52. The summed E-state index contributed by atoms with van der Waals surface area (Å²) < 4.78 is 27.9. The van der Waals surface area contributed by atoms with E-state index in [4.69, 9.17) is 0 Å². The molecule has 0 unspecified atom stereocenters. The molecule has 0 aromatic carbocycles. The Morgan fingerprint density at radius 1 is 1.32 bits per heavy atom. The largest absolute Gasteiger partial charge is 0.335 e. The monoisotopic (exact) mass is 278 g/mol. The van der Waals surface area contributed by atoms with Crippen molar-refractivity contribution in [3.05, 3.63) is 42.7 Å². The van der Waals surface area contributed by atoms with Crippen LogP contribution < -0.4 is 4.72 Å². The molecule has 3 aromatic heterocycles. The second kappa shape index (κ2) is 4.44. The molecule has 8 nitrogen and oxygen atoms in total. The second-order valence-electron chi connectivity index (χ2n) is 3.79. The summed E-state index contributed by atoms with van der Waals surface area (Å²) in [5.74, 6) is 0.513. The van der Waals surface area contributed by atoms with Crippen LogP contribution in [0.1, 0.15) is 5.82 Å². The number of aromatic nitrogens is 5. The molecule has 19 heavy (non-hydrogen) atoms. The van der Waals surface area contributed by atoms with E-state index in [0.29, 0.717) is 11.5 Å². The highest BCUT2D eigenvalue weighted by Gasteiger charge is 2.16. The molecule has 0 atom stereocenters. The van der Waals surface area contributed by atoms with E-state index in [0.717, 1.165) is 0 Å². The fourth-order valence-electron chi connectivity index (χ4n) is 1.64. The maximum Gasteiger partial charge on any atom is 0.258 e. The highest BCUT2D eigenvalue weighted by molar-refractivity contribution is 7.89. The van der Waals surface area contributed by atoms with E-state index in [1.807, 2.05) is 12.1 Å². The highest BCUT2D eigenvalue weighted by Crippen LogP contribution is 2.05. The Labute approximate surface area is 108 Å². The third-order valence-corrected chi connectivity index (χ3v) is 3.89. The number of hydrogen-bond acceptors (Lipinski definition) is 5. The van der Waals surface area contributed by atoms with E-state index in [1.165, 1.54) is 12.5 Å². The first-order valence-electron chi connectivity index (χ1n) is 5.43. The molecule has 3 aromatic rings. The van der Waals surface area contributed by atoms with Crippen LogP contribution in [0.3, 0.4) is 0 Å². The van der Waals surface area contributed by atoms with Gasteiger partial charge in [-0.25, -0.2) is 18.1 Å². The van der Waals surface area contributed by atoms with Gasteiger partial charge in [-0.05, 0) is 12.1 Å². The fraction of sp³-hybridized carbons (Fsp3) is 0.100. The molecule has 0 amide bonds. The molecular weight excluding hydrogens is 268 g/mol. The van der Waals surface area contributed by atoms with Crippen molar-refractivity contribution >= 4 is 15.7 Å². The minimum absolute atomic E-state index is 0.0151. The average molecular weight is 278 g/mol. The zero-order valence-electron chi connectivity index (χ0n) is 9.68. The fourth-order valence-corrected chi connectivity index (χ4v) is 2.52. The standard InChI is InChI=1S/C10H10N6O2S/c17-19(18,10-6-11-7-12-10)13-5-9-15-14-8-3-1-2-4-16(8)9/h1-4,6-7,13H,5H2,(H,11,12). The van der Waals surface area contributed by atoms with Crippen LogP contribution in [0.15, 0.2) is 41.9 Å². The molecule has 3 rings (SSSR count). The van der Waals surface area contributed by atoms with E-state index >= 15 is 0 Å². The van der Waals surface area contributed by atoms with Gasteiger partial charge in [-0.1, -0.05) is 6.07 Å². The third kappa shape index (κ3) is 2.20. The van der Waals surface area contributed by atoms with E-state index in [1.54, 1.807) is 16.7 Å². The van der Waals surface area contributed by atoms with Crippen molar-refractivity contribution in [1.82, 2.24) is 29.3 Å². The zero-order chi connectivity index (χ0) is 13.3. The lowest BCUT2D eigenvalue weighted by Crippen LogP contribution is -2.24. The molecule has 3 heterocycles. The van der Waals surface area contributed by atoms with Gasteiger partial charge < -0.3 is 4.98 Å². The first-order chi connectivity index (χ1) is 9.17. The summed E-state index contributed by atoms with van der Waals surface area (Å²) in [4.78, 5) is 6.22. The molecule has 0 saturated carbocycles. The Hall–Kier alpha value is -2.26. The lowest BCUT2D eigenvalue weighted by molar-refractivity contribution is 0.575. The van der Waals surface area contributed by atoms with E-state index < -0.39 is 10.0 Å². The van der Waals surface area contributed by atoms with Crippen LogP contribution in [0.25, 0.3) is 5.65 Å². The van der Waals surface area contributed by atoms with Gasteiger partial charge in [0.15, 0.2) is 16.5 Å². The van der Waals surface area contributed by atoms with Crippen LogP contribution in [0.5, 0.6) is 0 Å². The molecule has 0 aliphatic heterocycles. The summed E-state index contributed by atoms with van der Waals surface area (Å²) in [6.45, 7) is 0.0481. The lowest BCUT2D eigenvalue weighted by atomic mass is 10.5. The molecule has 0 saturated heterocycles. The Bertz CT molecular complexity index is 792. The van der Waals surface area contributed by atoms with E-state index in [-0.39, 0.29) is 11.6 Å². The maximum absolute atomic E-state index is 11.9. The molecule has 0 bridgehead atoms. The molecule has 0 aliphatic rings. The van der Waals surface area contributed by atoms with Crippen molar-refractivity contribution in [2.45, 2.75) is 11.6 Å². The van der Waals surface area contributed by atoms with Crippen LogP contribution in [0.2, 0.25) is 0 Å². The number of rotatable bonds is 4. The van der Waals surface area contributed by atoms with Gasteiger partial charge in [-0.15, -0.1) is 10.2 Å². The maximum atomic E-state index is 11.9. The molecule has 98 valence electrons. The van der Waals surface area contributed by atoms with E-state index in [9.17, 15) is 8.42 Å².